The molecule has 1 aromatic heterocycles. The van der Waals surface area contributed by atoms with Crippen LogP contribution in [0.25, 0.3) is 0 Å². The average Bonchev–Trinajstić information content (AvgIpc) is 2.88. The lowest BCUT2D eigenvalue weighted by atomic mass is 10.2. The zero-order valence-corrected chi connectivity index (χ0v) is 13.8. The highest BCUT2D eigenvalue weighted by molar-refractivity contribution is 7.16. The van der Waals surface area contributed by atoms with Crippen molar-refractivity contribution in [2.75, 3.05) is 19.0 Å². The molecule has 118 valence electrons. The quantitative estimate of drug-likeness (QED) is 0.748. The van der Waals surface area contributed by atoms with E-state index in [1.54, 1.807) is 20.1 Å². The summed E-state index contributed by atoms with van der Waals surface area (Å²) in [6, 6.07) is 1.79. The molecule has 1 unspecified atom stereocenters. The minimum Gasteiger partial charge on any atom is -0.462 e. The van der Waals surface area contributed by atoms with Gasteiger partial charge in [0.15, 0.2) is 0 Å². The monoisotopic (exact) mass is 313 g/mol. The predicted octanol–water partition coefficient (Wildman–Crippen LogP) is 3.24. The second kappa shape index (κ2) is 8.79. The van der Waals surface area contributed by atoms with Crippen LogP contribution >= 0.6 is 11.3 Å². The number of carbonyl (C=O) groups is 2. The number of esters is 1. The smallest absolute Gasteiger partial charge is 0.341 e. The van der Waals surface area contributed by atoms with Crippen LogP contribution in [0.15, 0.2) is 6.07 Å². The Hall–Kier alpha value is -1.40. The number of amides is 1. The number of rotatable bonds is 8. The molecule has 0 aliphatic rings. The van der Waals surface area contributed by atoms with Gasteiger partial charge in [-0.2, -0.15) is 0 Å². The number of hydrogen-bond donors (Lipinski definition) is 1. The molecule has 1 aromatic rings. The fraction of sp³-hybridized carbons (Fsp3) is 0.600. The maximum atomic E-state index is 12.0. The van der Waals surface area contributed by atoms with Gasteiger partial charge < -0.3 is 14.8 Å². The van der Waals surface area contributed by atoms with Gasteiger partial charge in [-0.05, 0) is 32.8 Å². The fourth-order valence-electron chi connectivity index (χ4n) is 1.71. The van der Waals surface area contributed by atoms with Crippen LogP contribution in [0.1, 0.15) is 48.8 Å². The first-order chi connectivity index (χ1) is 10.0. The van der Waals surface area contributed by atoms with Crippen LogP contribution in [0.2, 0.25) is 0 Å². The van der Waals surface area contributed by atoms with Gasteiger partial charge in [0.25, 0.3) is 0 Å². The van der Waals surface area contributed by atoms with Crippen LogP contribution in [0.4, 0.5) is 5.00 Å². The molecule has 1 atom stereocenters. The van der Waals surface area contributed by atoms with E-state index < -0.39 is 5.97 Å². The molecule has 0 aliphatic heterocycles. The summed E-state index contributed by atoms with van der Waals surface area (Å²) in [5, 5.41) is 3.38. The van der Waals surface area contributed by atoms with Crippen LogP contribution in [0.5, 0.6) is 0 Å². The van der Waals surface area contributed by atoms with Gasteiger partial charge >= 0.3 is 5.97 Å². The van der Waals surface area contributed by atoms with Crippen molar-refractivity contribution in [2.45, 2.75) is 46.1 Å². The molecule has 6 heteroatoms. The minimum absolute atomic E-state index is 0.0369. The van der Waals surface area contributed by atoms with E-state index in [9.17, 15) is 9.59 Å². The number of ether oxygens (including phenoxy) is 2. The Morgan fingerprint density at radius 1 is 1.38 bits per heavy atom. The molecule has 0 radical (unpaired) electrons. The standard InChI is InChI=1S/C15H23NO4S/c1-5-11-9-12(15(18)20-6-2)14(21-11)16-13(17)8-7-10(3)19-4/h9-10H,5-8H2,1-4H3,(H,16,17). The van der Waals surface area contributed by atoms with Gasteiger partial charge in [-0.15, -0.1) is 11.3 Å². The number of anilines is 1. The van der Waals surface area contributed by atoms with Crippen molar-refractivity contribution in [3.05, 3.63) is 16.5 Å². The van der Waals surface area contributed by atoms with E-state index in [1.165, 1.54) is 11.3 Å². The highest BCUT2D eigenvalue weighted by Gasteiger charge is 2.18. The third-order valence-corrected chi connectivity index (χ3v) is 4.25. The summed E-state index contributed by atoms with van der Waals surface area (Å²) >= 11 is 1.42. The Morgan fingerprint density at radius 3 is 2.67 bits per heavy atom. The van der Waals surface area contributed by atoms with E-state index in [-0.39, 0.29) is 12.0 Å². The Kier molecular flexibility index (Phi) is 7.39. The molecule has 0 bridgehead atoms. The highest BCUT2D eigenvalue weighted by Crippen LogP contribution is 2.29. The van der Waals surface area contributed by atoms with E-state index in [2.05, 4.69) is 5.32 Å². The van der Waals surface area contributed by atoms with E-state index in [1.807, 2.05) is 13.8 Å². The Labute approximate surface area is 129 Å². The fourth-order valence-corrected chi connectivity index (χ4v) is 2.71. The van der Waals surface area contributed by atoms with E-state index in [0.29, 0.717) is 30.0 Å². The third-order valence-electron chi connectivity index (χ3n) is 3.06. The molecule has 21 heavy (non-hydrogen) atoms. The molecular formula is C15H23NO4S. The zero-order valence-electron chi connectivity index (χ0n) is 13.0. The van der Waals surface area contributed by atoms with Gasteiger partial charge in [0, 0.05) is 18.4 Å². The minimum atomic E-state index is -0.394. The van der Waals surface area contributed by atoms with Crippen LogP contribution < -0.4 is 5.32 Å². The molecule has 0 saturated heterocycles. The maximum Gasteiger partial charge on any atom is 0.341 e. The number of aryl methyl sites for hydroxylation is 1. The molecule has 0 fully saturated rings. The lowest BCUT2D eigenvalue weighted by molar-refractivity contribution is -0.116. The van der Waals surface area contributed by atoms with Crippen molar-refractivity contribution < 1.29 is 19.1 Å². The molecule has 1 amide bonds. The summed E-state index contributed by atoms with van der Waals surface area (Å²) in [6.45, 7) is 5.99. The SMILES string of the molecule is CCOC(=O)c1cc(CC)sc1NC(=O)CCC(C)OC. The number of hydrogen-bond acceptors (Lipinski definition) is 5. The summed E-state index contributed by atoms with van der Waals surface area (Å²) in [6.07, 6.45) is 1.85. The second-order valence-electron chi connectivity index (χ2n) is 4.66. The van der Waals surface area contributed by atoms with Crippen LogP contribution in [-0.2, 0) is 20.7 Å². The maximum absolute atomic E-state index is 12.0. The normalized spacial score (nSPS) is 12.0. The topological polar surface area (TPSA) is 64.6 Å². The Balaban J connectivity index is 2.74. The second-order valence-corrected chi connectivity index (χ2v) is 5.80. The summed E-state index contributed by atoms with van der Waals surface area (Å²) in [5.74, 6) is -0.511. The number of nitrogens with one attached hydrogen (secondary N) is 1. The zero-order chi connectivity index (χ0) is 15.8. The number of carbonyl (C=O) groups excluding carboxylic acids is 2. The van der Waals surface area contributed by atoms with Crippen LogP contribution in [-0.4, -0.2) is 31.7 Å². The van der Waals surface area contributed by atoms with Crippen LogP contribution in [0.3, 0.4) is 0 Å². The predicted molar refractivity (Wildman–Crippen MR) is 84.0 cm³/mol. The third kappa shape index (κ3) is 5.47. The summed E-state index contributed by atoms with van der Waals surface area (Å²) in [5.41, 5.74) is 0.437. The molecule has 0 aliphatic carbocycles. The first-order valence-corrected chi connectivity index (χ1v) is 7.95. The van der Waals surface area contributed by atoms with Gasteiger partial charge in [0.1, 0.15) is 5.00 Å². The molecule has 0 spiro atoms. The molecule has 0 aromatic carbocycles. The van der Waals surface area contributed by atoms with Crippen LogP contribution in [0, 0.1) is 0 Å². The molecule has 5 nitrogen and oxygen atoms in total. The average molecular weight is 313 g/mol. The summed E-state index contributed by atoms with van der Waals surface area (Å²) in [7, 11) is 1.62. The molecule has 1 heterocycles. The van der Waals surface area contributed by atoms with Crippen molar-refractivity contribution in [1.82, 2.24) is 0 Å². The molecule has 1 N–H and O–H groups in total. The first-order valence-electron chi connectivity index (χ1n) is 7.14. The summed E-state index contributed by atoms with van der Waals surface area (Å²) in [4.78, 5) is 24.9. The molecular weight excluding hydrogens is 290 g/mol. The van der Waals surface area contributed by atoms with E-state index in [4.69, 9.17) is 9.47 Å². The number of methoxy groups -OCH3 is 1. The largest absolute Gasteiger partial charge is 0.462 e. The van der Waals surface area contributed by atoms with Gasteiger partial charge in [-0.1, -0.05) is 6.92 Å². The van der Waals surface area contributed by atoms with Crippen molar-refractivity contribution in [2.24, 2.45) is 0 Å². The lowest BCUT2D eigenvalue weighted by Crippen LogP contribution is -2.16. The van der Waals surface area contributed by atoms with Crippen molar-refractivity contribution >= 4 is 28.2 Å². The summed E-state index contributed by atoms with van der Waals surface area (Å²) < 4.78 is 10.1. The number of thiophene rings is 1. The van der Waals surface area contributed by atoms with Gasteiger partial charge in [0.2, 0.25) is 5.91 Å². The van der Waals surface area contributed by atoms with Crippen molar-refractivity contribution in [3.8, 4) is 0 Å². The van der Waals surface area contributed by atoms with Gasteiger partial charge in [-0.3, -0.25) is 4.79 Å². The lowest BCUT2D eigenvalue weighted by Gasteiger charge is -2.09. The Morgan fingerprint density at radius 2 is 2.10 bits per heavy atom. The van der Waals surface area contributed by atoms with Gasteiger partial charge in [-0.25, -0.2) is 4.79 Å². The highest BCUT2D eigenvalue weighted by atomic mass is 32.1. The Bertz CT molecular complexity index is 484. The van der Waals surface area contributed by atoms with Gasteiger partial charge in [0.05, 0.1) is 18.3 Å². The van der Waals surface area contributed by atoms with E-state index in [0.717, 1.165) is 11.3 Å². The van der Waals surface area contributed by atoms with Crippen molar-refractivity contribution in [1.29, 1.82) is 0 Å². The first kappa shape index (κ1) is 17.7. The van der Waals surface area contributed by atoms with Crippen molar-refractivity contribution in [3.63, 3.8) is 0 Å². The molecule has 0 saturated carbocycles. The molecule has 1 rings (SSSR count). The van der Waals surface area contributed by atoms with E-state index >= 15 is 0 Å².